The van der Waals surface area contributed by atoms with Crippen LogP contribution in [0.2, 0.25) is 0 Å². The number of nitrogens with zero attached hydrogens (tertiary/aromatic N) is 2. The Kier molecular flexibility index (Phi) is 4.41. The highest BCUT2D eigenvalue weighted by Gasteiger charge is 2.36. The van der Waals surface area contributed by atoms with Crippen LogP contribution in [0.4, 0.5) is 5.69 Å². The van der Waals surface area contributed by atoms with Crippen LogP contribution in [0.5, 0.6) is 0 Å². The third kappa shape index (κ3) is 3.04. The van der Waals surface area contributed by atoms with E-state index in [1.807, 2.05) is 18.0 Å². The van der Waals surface area contributed by atoms with Gasteiger partial charge < -0.3 is 19.9 Å². The van der Waals surface area contributed by atoms with Crippen LogP contribution in [0.25, 0.3) is 0 Å². The van der Waals surface area contributed by atoms with E-state index in [0.29, 0.717) is 13.2 Å². The van der Waals surface area contributed by atoms with Crippen LogP contribution in [-0.2, 0) is 9.53 Å². The van der Waals surface area contributed by atoms with Gasteiger partial charge in [0, 0.05) is 37.9 Å². The molecular weight excluding hydrogens is 266 g/mol. The summed E-state index contributed by atoms with van der Waals surface area (Å²) in [5.74, 6) is 0.206. The summed E-state index contributed by atoms with van der Waals surface area (Å²) in [6.45, 7) is 4.56. The van der Waals surface area contributed by atoms with Crippen molar-refractivity contribution in [3.05, 3.63) is 30.3 Å². The predicted octanol–water partition coefficient (Wildman–Crippen LogP) is 0.570. The fourth-order valence-electron chi connectivity index (χ4n) is 3.14. The lowest BCUT2D eigenvalue weighted by Crippen LogP contribution is -2.53. The molecule has 1 N–H and O–H groups in total. The van der Waals surface area contributed by atoms with Crippen molar-refractivity contribution < 1.29 is 9.53 Å². The van der Waals surface area contributed by atoms with E-state index in [-0.39, 0.29) is 17.9 Å². The summed E-state index contributed by atoms with van der Waals surface area (Å²) in [5.41, 5.74) is 1.24. The lowest BCUT2D eigenvalue weighted by Gasteiger charge is -2.37. The Bertz CT molecular complexity index is 472. The van der Waals surface area contributed by atoms with E-state index in [9.17, 15) is 4.79 Å². The molecule has 2 heterocycles. The standard InChI is InChI=1S/C16H23N3O2/c1-17-15-12-21-11-14(15)16(20)19-9-7-18(8-10-19)13-5-3-2-4-6-13/h2-6,14-15,17H,7-12H2,1H3. The van der Waals surface area contributed by atoms with E-state index in [0.717, 1.165) is 26.2 Å². The van der Waals surface area contributed by atoms with E-state index in [1.54, 1.807) is 0 Å². The second-order valence-corrected chi connectivity index (χ2v) is 5.69. The van der Waals surface area contributed by atoms with Gasteiger partial charge in [-0.2, -0.15) is 0 Å². The smallest absolute Gasteiger partial charge is 0.229 e. The Morgan fingerprint density at radius 1 is 1.14 bits per heavy atom. The second-order valence-electron chi connectivity index (χ2n) is 5.69. The third-order valence-electron chi connectivity index (χ3n) is 4.48. The molecule has 0 bridgehead atoms. The van der Waals surface area contributed by atoms with Crippen molar-refractivity contribution in [2.75, 3.05) is 51.3 Å². The van der Waals surface area contributed by atoms with Gasteiger partial charge in [-0.15, -0.1) is 0 Å². The Balaban J connectivity index is 1.57. The SMILES string of the molecule is CNC1COCC1C(=O)N1CCN(c2ccccc2)CC1. The average molecular weight is 289 g/mol. The Morgan fingerprint density at radius 2 is 1.86 bits per heavy atom. The molecule has 0 radical (unpaired) electrons. The number of carbonyl (C=O) groups excluding carboxylic acids is 1. The van der Waals surface area contributed by atoms with Crippen LogP contribution < -0.4 is 10.2 Å². The third-order valence-corrected chi connectivity index (χ3v) is 4.48. The van der Waals surface area contributed by atoms with Gasteiger partial charge in [-0.25, -0.2) is 0 Å². The van der Waals surface area contributed by atoms with Gasteiger partial charge in [-0.3, -0.25) is 4.79 Å². The number of nitrogens with one attached hydrogen (secondary N) is 1. The number of benzene rings is 1. The molecule has 2 aliphatic rings. The molecule has 2 fully saturated rings. The highest BCUT2D eigenvalue weighted by atomic mass is 16.5. The molecule has 21 heavy (non-hydrogen) atoms. The van der Waals surface area contributed by atoms with Crippen molar-refractivity contribution in [1.82, 2.24) is 10.2 Å². The van der Waals surface area contributed by atoms with Crippen molar-refractivity contribution in [2.24, 2.45) is 5.92 Å². The quantitative estimate of drug-likeness (QED) is 0.883. The number of anilines is 1. The zero-order chi connectivity index (χ0) is 14.7. The van der Waals surface area contributed by atoms with Crippen molar-refractivity contribution >= 4 is 11.6 Å². The molecule has 0 spiro atoms. The number of piperazine rings is 1. The van der Waals surface area contributed by atoms with Gasteiger partial charge in [0.15, 0.2) is 0 Å². The highest BCUT2D eigenvalue weighted by molar-refractivity contribution is 5.80. The van der Waals surface area contributed by atoms with Crippen molar-refractivity contribution in [2.45, 2.75) is 6.04 Å². The molecule has 0 aromatic heterocycles. The molecule has 0 saturated carbocycles. The summed E-state index contributed by atoms with van der Waals surface area (Å²) < 4.78 is 5.44. The van der Waals surface area contributed by atoms with Crippen LogP contribution in [0.3, 0.4) is 0 Å². The fourth-order valence-corrected chi connectivity index (χ4v) is 3.14. The van der Waals surface area contributed by atoms with Crippen LogP contribution in [0, 0.1) is 5.92 Å². The van der Waals surface area contributed by atoms with Crippen LogP contribution in [0.15, 0.2) is 30.3 Å². The summed E-state index contributed by atoms with van der Waals surface area (Å²) >= 11 is 0. The molecule has 1 aromatic rings. The Morgan fingerprint density at radius 3 is 2.52 bits per heavy atom. The first kappa shape index (κ1) is 14.4. The van der Waals surface area contributed by atoms with Gasteiger partial charge >= 0.3 is 0 Å². The van der Waals surface area contributed by atoms with Crippen molar-refractivity contribution in [3.8, 4) is 0 Å². The molecule has 3 rings (SSSR count). The average Bonchev–Trinajstić information content (AvgIpc) is 3.04. The molecule has 2 unspecified atom stereocenters. The zero-order valence-corrected chi connectivity index (χ0v) is 12.5. The Labute approximate surface area is 125 Å². The lowest BCUT2D eigenvalue weighted by atomic mass is 10.0. The maximum absolute atomic E-state index is 12.6. The minimum Gasteiger partial charge on any atom is -0.379 e. The fraction of sp³-hybridized carbons (Fsp3) is 0.562. The summed E-state index contributed by atoms with van der Waals surface area (Å²) in [5, 5.41) is 3.19. The summed E-state index contributed by atoms with van der Waals surface area (Å²) in [7, 11) is 1.90. The van der Waals surface area contributed by atoms with E-state index < -0.39 is 0 Å². The highest BCUT2D eigenvalue weighted by Crippen LogP contribution is 2.20. The van der Waals surface area contributed by atoms with Gasteiger partial charge in [-0.05, 0) is 19.2 Å². The number of carbonyl (C=O) groups is 1. The molecular formula is C16H23N3O2. The minimum absolute atomic E-state index is 0.0294. The maximum atomic E-state index is 12.6. The van der Waals surface area contributed by atoms with Gasteiger partial charge in [0.1, 0.15) is 0 Å². The van der Waals surface area contributed by atoms with E-state index >= 15 is 0 Å². The number of ether oxygens (including phenoxy) is 1. The molecule has 114 valence electrons. The molecule has 5 nitrogen and oxygen atoms in total. The lowest BCUT2D eigenvalue weighted by molar-refractivity contribution is -0.136. The Hall–Kier alpha value is -1.59. The molecule has 1 amide bonds. The first-order valence-electron chi connectivity index (χ1n) is 7.63. The minimum atomic E-state index is -0.0294. The number of likely N-dealkylation sites (N-methyl/N-ethyl adjacent to an activating group) is 1. The van der Waals surface area contributed by atoms with Crippen molar-refractivity contribution in [1.29, 1.82) is 0 Å². The summed E-state index contributed by atoms with van der Waals surface area (Å²) in [4.78, 5) is 16.9. The first-order valence-corrected chi connectivity index (χ1v) is 7.63. The number of hydrogen-bond donors (Lipinski definition) is 1. The maximum Gasteiger partial charge on any atom is 0.229 e. The molecule has 2 atom stereocenters. The second kappa shape index (κ2) is 6.45. The van der Waals surface area contributed by atoms with Crippen LogP contribution in [0.1, 0.15) is 0 Å². The van der Waals surface area contributed by atoms with Gasteiger partial charge in [0.05, 0.1) is 19.1 Å². The number of para-hydroxylation sites is 1. The topological polar surface area (TPSA) is 44.8 Å². The van der Waals surface area contributed by atoms with Gasteiger partial charge in [-0.1, -0.05) is 18.2 Å². The van der Waals surface area contributed by atoms with Crippen LogP contribution in [-0.4, -0.2) is 63.3 Å². The monoisotopic (exact) mass is 289 g/mol. The molecule has 1 aromatic carbocycles. The summed E-state index contributed by atoms with van der Waals surface area (Å²) in [6, 6.07) is 10.5. The van der Waals surface area contributed by atoms with E-state index in [1.165, 1.54) is 5.69 Å². The molecule has 0 aliphatic carbocycles. The van der Waals surface area contributed by atoms with E-state index in [2.05, 4.69) is 34.5 Å². The molecule has 5 heteroatoms. The number of amides is 1. The molecule has 2 saturated heterocycles. The zero-order valence-electron chi connectivity index (χ0n) is 12.5. The van der Waals surface area contributed by atoms with E-state index in [4.69, 9.17) is 4.74 Å². The summed E-state index contributed by atoms with van der Waals surface area (Å²) in [6.07, 6.45) is 0. The van der Waals surface area contributed by atoms with Gasteiger partial charge in [0.25, 0.3) is 0 Å². The van der Waals surface area contributed by atoms with Crippen molar-refractivity contribution in [3.63, 3.8) is 0 Å². The van der Waals surface area contributed by atoms with Gasteiger partial charge in [0.2, 0.25) is 5.91 Å². The van der Waals surface area contributed by atoms with Crippen LogP contribution >= 0.6 is 0 Å². The number of rotatable bonds is 3. The number of hydrogen-bond acceptors (Lipinski definition) is 4. The normalized spacial score (nSPS) is 26.1. The predicted molar refractivity (Wildman–Crippen MR) is 82.4 cm³/mol. The molecule has 2 aliphatic heterocycles. The largest absolute Gasteiger partial charge is 0.379 e. The first-order chi connectivity index (χ1) is 10.3.